The minimum Gasteiger partial charge on any atom is -0.460 e. The van der Waals surface area contributed by atoms with Gasteiger partial charge in [0.2, 0.25) is 5.91 Å². The molecule has 0 bridgehead atoms. The van der Waals surface area contributed by atoms with Gasteiger partial charge < -0.3 is 10.1 Å². The first kappa shape index (κ1) is 17.7. The van der Waals surface area contributed by atoms with Crippen LogP contribution in [0.3, 0.4) is 0 Å². The number of rotatable bonds is 4. The van der Waals surface area contributed by atoms with E-state index >= 15 is 0 Å². The van der Waals surface area contributed by atoms with Crippen LogP contribution in [0.5, 0.6) is 0 Å². The first-order valence-corrected chi connectivity index (χ1v) is 5.80. The van der Waals surface area contributed by atoms with Crippen LogP contribution in [0, 0.1) is 5.41 Å². The van der Waals surface area contributed by atoms with Gasteiger partial charge in [-0.2, -0.15) is 13.2 Å². The third kappa shape index (κ3) is 8.45. The third-order valence-electron chi connectivity index (χ3n) is 2.07. The summed E-state index contributed by atoms with van der Waals surface area (Å²) in [7, 11) is 0. The molecule has 1 N–H and O–H groups in total. The van der Waals surface area contributed by atoms with Gasteiger partial charge in [-0.25, -0.2) is 0 Å². The predicted octanol–water partition coefficient (Wildman–Crippen LogP) is 2.42. The summed E-state index contributed by atoms with van der Waals surface area (Å²) in [5.74, 6) is -1.46. The Morgan fingerprint density at radius 3 is 1.89 bits per heavy atom. The van der Waals surface area contributed by atoms with E-state index in [-0.39, 0.29) is 6.42 Å². The van der Waals surface area contributed by atoms with Crippen LogP contribution in [0.2, 0.25) is 0 Å². The van der Waals surface area contributed by atoms with Gasteiger partial charge in [0.1, 0.15) is 12.1 Å². The monoisotopic (exact) mass is 283 g/mol. The number of hydrogen-bond donors (Lipinski definition) is 1. The Balaban J connectivity index is 4.45. The van der Waals surface area contributed by atoms with Gasteiger partial charge in [0.25, 0.3) is 0 Å². The van der Waals surface area contributed by atoms with Gasteiger partial charge >= 0.3 is 12.1 Å². The second-order valence-corrected chi connectivity index (χ2v) is 5.94. The minimum absolute atomic E-state index is 0.284. The molecule has 0 unspecified atom stereocenters. The van der Waals surface area contributed by atoms with Crippen molar-refractivity contribution in [1.82, 2.24) is 5.32 Å². The number of esters is 1. The van der Waals surface area contributed by atoms with Crippen LogP contribution in [0.1, 0.15) is 41.0 Å². The summed E-state index contributed by atoms with van der Waals surface area (Å²) in [5.41, 5.74) is -1.96. The molecule has 0 fully saturated rings. The van der Waals surface area contributed by atoms with Gasteiger partial charge in [-0.1, -0.05) is 13.8 Å². The smallest absolute Gasteiger partial charge is 0.405 e. The summed E-state index contributed by atoms with van der Waals surface area (Å²) in [6.07, 6.45) is -4.76. The molecule has 0 aliphatic rings. The highest BCUT2D eigenvalue weighted by Gasteiger charge is 2.35. The molecule has 4 nitrogen and oxygen atoms in total. The summed E-state index contributed by atoms with van der Waals surface area (Å²) in [6.45, 7) is 6.37. The lowest BCUT2D eigenvalue weighted by molar-refractivity contribution is -0.160. The average molecular weight is 283 g/mol. The van der Waals surface area contributed by atoms with Crippen LogP contribution < -0.4 is 5.32 Å². The zero-order chi connectivity index (χ0) is 15.5. The zero-order valence-electron chi connectivity index (χ0n) is 11.8. The summed E-state index contributed by atoms with van der Waals surface area (Å²) in [4.78, 5) is 23.1. The molecule has 1 amide bonds. The summed E-state index contributed by atoms with van der Waals surface area (Å²) >= 11 is 0. The largest absolute Gasteiger partial charge is 0.460 e. The Hall–Kier alpha value is -1.27. The van der Waals surface area contributed by atoms with Gasteiger partial charge in [0.15, 0.2) is 0 Å². The molecule has 0 aromatic heterocycles. The Kier molecular flexibility index (Phi) is 5.41. The standard InChI is InChI=1S/C12H20F3NO3/c1-10(2,3)19-8(17)6-11(4,5)9(18)16-7-12(13,14)15/h6-7H2,1-5H3,(H,16,18). The Labute approximate surface area is 110 Å². The first-order valence-electron chi connectivity index (χ1n) is 5.80. The van der Waals surface area contributed by atoms with Crippen molar-refractivity contribution in [1.29, 1.82) is 0 Å². The van der Waals surface area contributed by atoms with E-state index < -0.39 is 35.6 Å². The topological polar surface area (TPSA) is 55.4 Å². The molecule has 19 heavy (non-hydrogen) atoms. The molecule has 0 atom stereocenters. The highest BCUT2D eigenvalue weighted by molar-refractivity contribution is 5.86. The zero-order valence-corrected chi connectivity index (χ0v) is 11.8. The second kappa shape index (κ2) is 5.79. The molecule has 0 heterocycles. The number of halogens is 3. The van der Waals surface area contributed by atoms with E-state index in [0.717, 1.165) is 0 Å². The second-order valence-electron chi connectivity index (χ2n) is 5.94. The summed E-state index contributed by atoms with van der Waals surface area (Å²) < 4.78 is 41.0. The highest BCUT2D eigenvalue weighted by Crippen LogP contribution is 2.23. The van der Waals surface area contributed by atoms with Crippen LogP contribution in [0.4, 0.5) is 13.2 Å². The number of ether oxygens (including phenoxy) is 1. The van der Waals surface area contributed by atoms with Crippen LogP contribution in [-0.4, -0.2) is 30.2 Å². The van der Waals surface area contributed by atoms with Crippen LogP contribution >= 0.6 is 0 Å². The van der Waals surface area contributed by atoms with E-state index in [1.54, 1.807) is 26.1 Å². The van der Waals surface area contributed by atoms with Gasteiger partial charge in [0.05, 0.1) is 11.8 Å². The van der Waals surface area contributed by atoms with Gasteiger partial charge in [0, 0.05) is 0 Å². The number of alkyl halides is 3. The van der Waals surface area contributed by atoms with E-state index in [0.29, 0.717) is 0 Å². The van der Waals surface area contributed by atoms with Crippen LogP contribution in [-0.2, 0) is 14.3 Å². The normalized spacial score (nSPS) is 13.1. The molecule has 0 aromatic rings. The Morgan fingerprint density at radius 2 is 1.53 bits per heavy atom. The maximum Gasteiger partial charge on any atom is 0.405 e. The average Bonchev–Trinajstić information content (AvgIpc) is 2.08. The SMILES string of the molecule is CC(C)(C)OC(=O)CC(C)(C)C(=O)NCC(F)(F)F. The quantitative estimate of drug-likeness (QED) is 0.806. The molecule has 0 saturated heterocycles. The lowest BCUT2D eigenvalue weighted by Crippen LogP contribution is -2.43. The van der Waals surface area contributed by atoms with Gasteiger partial charge in [-0.3, -0.25) is 9.59 Å². The number of nitrogens with one attached hydrogen (secondary N) is 1. The molecule has 0 radical (unpaired) electrons. The summed E-state index contributed by atoms with van der Waals surface area (Å²) in [6, 6.07) is 0. The number of amides is 1. The van der Waals surface area contributed by atoms with Crippen LogP contribution in [0.25, 0.3) is 0 Å². The summed E-state index contributed by atoms with van der Waals surface area (Å²) in [5, 5.41) is 1.76. The maximum atomic E-state index is 12.0. The van der Waals surface area contributed by atoms with Crippen molar-refractivity contribution in [2.75, 3.05) is 6.54 Å². The van der Waals surface area contributed by atoms with Crippen molar-refractivity contribution < 1.29 is 27.5 Å². The molecule has 0 spiro atoms. The number of carbonyl (C=O) groups excluding carboxylic acids is 2. The molecule has 0 rings (SSSR count). The molecule has 0 aliphatic carbocycles. The third-order valence-corrected chi connectivity index (χ3v) is 2.07. The van der Waals surface area contributed by atoms with Gasteiger partial charge in [-0.15, -0.1) is 0 Å². The number of carbonyl (C=O) groups is 2. The molecular weight excluding hydrogens is 263 g/mol. The molecule has 112 valence electrons. The fraction of sp³-hybridized carbons (Fsp3) is 0.833. The molecule has 0 aromatic carbocycles. The molecule has 0 saturated carbocycles. The highest BCUT2D eigenvalue weighted by atomic mass is 19.4. The predicted molar refractivity (Wildman–Crippen MR) is 63.3 cm³/mol. The maximum absolute atomic E-state index is 12.0. The molecule has 0 aliphatic heterocycles. The van der Waals surface area contributed by atoms with Crippen molar-refractivity contribution in [2.45, 2.75) is 52.8 Å². The van der Waals surface area contributed by atoms with Gasteiger partial charge in [-0.05, 0) is 20.8 Å². The molecule has 7 heteroatoms. The van der Waals surface area contributed by atoms with E-state index in [4.69, 9.17) is 4.74 Å². The van der Waals surface area contributed by atoms with E-state index in [2.05, 4.69) is 0 Å². The van der Waals surface area contributed by atoms with E-state index in [1.165, 1.54) is 13.8 Å². The fourth-order valence-electron chi connectivity index (χ4n) is 1.24. The van der Waals surface area contributed by atoms with Crippen LogP contribution in [0.15, 0.2) is 0 Å². The van der Waals surface area contributed by atoms with Crippen molar-refractivity contribution in [3.05, 3.63) is 0 Å². The lowest BCUT2D eigenvalue weighted by atomic mass is 9.88. The lowest BCUT2D eigenvalue weighted by Gasteiger charge is -2.26. The fourth-order valence-corrected chi connectivity index (χ4v) is 1.24. The van der Waals surface area contributed by atoms with Crippen molar-refractivity contribution >= 4 is 11.9 Å². The Morgan fingerprint density at radius 1 is 1.05 bits per heavy atom. The molecular formula is C12H20F3NO3. The van der Waals surface area contributed by atoms with Crippen molar-refractivity contribution in [2.24, 2.45) is 5.41 Å². The van der Waals surface area contributed by atoms with Crippen molar-refractivity contribution in [3.8, 4) is 0 Å². The van der Waals surface area contributed by atoms with E-state index in [9.17, 15) is 22.8 Å². The minimum atomic E-state index is -4.47. The number of hydrogen-bond acceptors (Lipinski definition) is 3. The first-order chi connectivity index (χ1) is 8.23. The van der Waals surface area contributed by atoms with Crippen molar-refractivity contribution in [3.63, 3.8) is 0 Å². The Bertz CT molecular complexity index is 343. The van der Waals surface area contributed by atoms with E-state index in [1.807, 2.05) is 0 Å².